The van der Waals surface area contributed by atoms with Crippen molar-refractivity contribution in [3.8, 4) is 0 Å². The second-order valence-corrected chi connectivity index (χ2v) is 5.71. The average molecular weight is 306 g/mol. The maximum absolute atomic E-state index is 12.4. The first-order valence-corrected chi connectivity index (χ1v) is 7.56. The van der Waals surface area contributed by atoms with Gasteiger partial charge in [-0.25, -0.2) is 9.98 Å². The minimum atomic E-state index is -0.0420. The zero-order valence-corrected chi connectivity index (χ0v) is 12.4. The van der Waals surface area contributed by atoms with E-state index in [9.17, 15) is 4.79 Å². The fraction of sp³-hybridized carbons (Fsp3) is 0.214. The number of benzene rings is 1. The van der Waals surface area contributed by atoms with Crippen LogP contribution in [0.4, 0.5) is 5.13 Å². The van der Waals surface area contributed by atoms with E-state index in [1.165, 1.54) is 11.3 Å². The zero-order valence-electron chi connectivity index (χ0n) is 10.8. The van der Waals surface area contributed by atoms with Gasteiger partial charge in [-0.15, -0.1) is 11.3 Å². The van der Waals surface area contributed by atoms with Gasteiger partial charge in [-0.1, -0.05) is 18.5 Å². The number of fused-ring (bicyclic) bond motifs is 1. The molecule has 4 nitrogen and oxygen atoms in total. The van der Waals surface area contributed by atoms with Gasteiger partial charge in [0.1, 0.15) is 5.84 Å². The van der Waals surface area contributed by atoms with Crippen molar-refractivity contribution in [2.45, 2.75) is 13.3 Å². The molecule has 0 unspecified atom stereocenters. The van der Waals surface area contributed by atoms with Gasteiger partial charge in [0.2, 0.25) is 5.13 Å². The van der Waals surface area contributed by atoms with E-state index in [4.69, 9.17) is 11.6 Å². The molecular formula is C14H12ClN3OS. The molecular weight excluding hydrogens is 294 g/mol. The molecule has 2 aromatic rings. The minimum Gasteiger partial charge on any atom is -0.292 e. The van der Waals surface area contributed by atoms with Crippen molar-refractivity contribution in [3.63, 3.8) is 0 Å². The summed E-state index contributed by atoms with van der Waals surface area (Å²) >= 11 is 7.43. The number of halogens is 1. The van der Waals surface area contributed by atoms with Crippen molar-refractivity contribution < 1.29 is 4.79 Å². The van der Waals surface area contributed by atoms with E-state index in [0.29, 0.717) is 28.1 Å². The van der Waals surface area contributed by atoms with Gasteiger partial charge < -0.3 is 0 Å². The molecule has 1 amide bonds. The van der Waals surface area contributed by atoms with Crippen molar-refractivity contribution in [3.05, 3.63) is 45.9 Å². The number of hydrogen-bond donors (Lipinski definition) is 0. The summed E-state index contributed by atoms with van der Waals surface area (Å²) in [7, 11) is 0. The lowest BCUT2D eigenvalue weighted by Gasteiger charge is -2.15. The van der Waals surface area contributed by atoms with Crippen molar-refractivity contribution in [2.24, 2.45) is 4.99 Å². The highest BCUT2D eigenvalue weighted by atomic mass is 35.5. The van der Waals surface area contributed by atoms with Gasteiger partial charge >= 0.3 is 0 Å². The number of aliphatic imine (C=N–C) groups is 1. The van der Waals surface area contributed by atoms with Gasteiger partial charge in [0.15, 0.2) is 0 Å². The minimum absolute atomic E-state index is 0.0420. The molecule has 0 saturated heterocycles. The Kier molecular flexibility index (Phi) is 3.54. The number of rotatable bonds is 3. The number of hydrogen-bond acceptors (Lipinski definition) is 4. The maximum atomic E-state index is 12.4. The molecule has 0 atom stereocenters. The molecule has 20 heavy (non-hydrogen) atoms. The normalized spacial score (nSPS) is 16.0. The lowest BCUT2D eigenvalue weighted by molar-refractivity contribution is 0.0860. The highest BCUT2D eigenvalue weighted by molar-refractivity contribution is 7.13. The quantitative estimate of drug-likeness (QED) is 0.867. The second kappa shape index (κ2) is 5.34. The zero-order chi connectivity index (χ0) is 14.1. The maximum Gasteiger partial charge on any atom is 0.260 e. The van der Waals surface area contributed by atoms with Gasteiger partial charge in [-0.2, -0.15) is 0 Å². The van der Waals surface area contributed by atoms with E-state index in [1.54, 1.807) is 23.2 Å². The lowest BCUT2D eigenvalue weighted by atomic mass is 10.1. The highest BCUT2D eigenvalue weighted by Crippen LogP contribution is 2.29. The van der Waals surface area contributed by atoms with Crippen molar-refractivity contribution >= 4 is 39.8 Å². The third-order valence-electron chi connectivity index (χ3n) is 3.02. The topological polar surface area (TPSA) is 45.6 Å². The first-order valence-electron chi connectivity index (χ1n) is 6.30. The molecule has 0 N–H and O–H groups in total. The van der Waals surface area contributed by atoms with Gasteiger partial charge in [-0.3, -0.25) is 9.69 Å². The second-order valence-electron chi connectivity index (χ2n) is 4.40. The predicted molar refractivity (Wildman–Crippen MR) is 81.1 cm³/mol. The van der Waals surface area contributed by atoms with Crippen LogP contribution >= 0.6 is 22.9 Å². The third-order valence-corrected chi connectivity index (χ3v) is 3.92. The van der Waals surface area contributed by atoms with Crippen molar-refractivity contribution in [2.75, 3.05) is 6.54 Å². The number of carbonyl (C=O) groups is 1. The van der Waals surface area contributed by atoms with Crippen LogP contribution in [-0.2, 0) is 0 Å². The number of nitrogens with zero attached hydrogens (tertiary/aromatic N) is 3. The number of amidine groups is 1. The SMILES string of the molecule is CCCN1C(=O)c2cc(Cl)ccc2C1=Nc1nccs1. The molecule has 1 aromatic carbocycles. The lowest BCUT2D eigenvalue weighted by Crippen LogP contribution is -2.30. The molecule has 0 radical (unpaired) electrons. The highest BCUT2D eigenvalue weighted by Gasteiger charge is 2.33. The Morgan fingerprint density at radius 1 is 1.40 bits per heavy atom. The van der Waals surface area contributed by atoms with E-state index in [2.05, 4.69) is 9.98 Å². The van der Waals surface area contributed by atoms with Gasteiger partial charge in [-0.05, 0) is 24.6 Å². The fourth-order valence-electron chi connectivity index (χ4n) is 2.19. The molecule has 0 aliphatic carbocycles. The average Bonchev–Trinajstić information content (AvgIpc) is 3.02. The number of thiazole rings is 1. The molecule has 102 valence electrons. The largest absolute Gasteiger partial charge is 0.292 e. The Morgan fingerprint density at radius 3 is 2.95 bits per heavy atom. The van der Waals surface area contributed by atoms with Crippen LogP contribution in [0.25, 0.3) is 0 Å². The Hall–Kier alpha value is -1.72. The fourth-order valence-corrected chi connectivity index (χ4v) is 2.87. The molecule has 0 fully saturated rings. The number of aromatic nitrogens is 1. The standard InChI is InChI=1S/C14H12ClN3OS/c1-2-6-18-12(17-14-16-5-7-20-14)10-4-3-9(15)8-11(10)13(18)19/h3-5,7-8H,2,6H2,1H3. The molecule has 0 bridgehead atoms. The predicted octanol–water partition coefficient (Wildman–Crippen LogP) is 3.74. The van der Waals surface area contributed by atoms with Gasteiger partial charge in [0.05, 0.1) is 5.56 Å². The first-order chi connectivity index (χ1) is 9.70. The molecule has 1 aliphatic rings. The summed E-state index contributed by atoms with van der Waals surface area (Å²) in [6, 6.07) is 5.32. The van der Waals surface area contributed by atoms with Crippen molar-refractivity contribution in [1.82, 2.24) is 9.88 Å². The number of carbonyl (C=O) groups excluding carboxylic acids is 1. The summed E-state index contributed by atoms with van der Waals surface area (Å²) in [4.78, 5) is 22.8. The van der Waals surface area contributed by atoms with Gasteiger partial charge in [0, 0.05) is 28.7 Å². The first kappa shape index (κ1) is 13.3. The van der Waals surface area contributed by atoms with Crippen LogP contribution in [0.2, 0.25) is 5.02 Å². The Labute approximate surface area is 125 Å². The van der Waals surface area contributed by atoms with E-state index in [-0.39, 0.29) is 5.91 Å². The van der Waals surface area contributed by atoms with E-state index < -0.39 is 0 Å². The Balaban J connectivity index is 2.13. The summed E-state index contributed by atoms with van der Waals surface area (Å²) in [6.45, 7) is 2.67. The third kappa shape index (κ3) is 2.23. The van der Waals surface area contributed by atoms with Crippen LogP contribution in [0.5, 0.6) is 0 Å². The van der Waals surface area contributed by atoms with E-state index >= 15 is 0 Å². The van der Waals surface area contributed by atoms with Crippen molar-refractivity contribution in [1.29, 1.82) is 0 Å². The monoisotopic (exact) mass is 305 g/mol. The molecule has 2 heterocycles. The van der Waals surface area contributed by atoms with Crippen LogP contribution in [0.15, 0.2) is 34.8 Å². The molecule has 1 aliphatic heterocycles. The van der Waals surface area contributed by atoms with Crippen LogP contribution in [-0.4, -0.2) is 28.2 Å². The molecule has 3 rings (SSSR count). The summed E-state index contributed by atoms with van der Waals surface area (Å²) in [5.41, 5.74) is 1.43. The van der Waals surface area contributed by atoms with Crippen LogP contribution < -0.4 is 0 Å². The Bertz CT molecular complexity index is 682. The smallest absolute Gasteiger partial charge is 0.260 e. The van der Waals surface area contributed by atoms with Crippen LogP contribution in [0.1, 0.15) is 29.3 Å². The summed E-state index contributed by atoms with van der Waals surface area (Å²) in [6.07, 6.45) is 2.57. The molecule has 0 saturated carbocycles. The van der Waals surface area contributed by atoms with E-state index in [0.717, 1.165) is 12.0 Å². The van der Waals surface area contributed by atoms with Crippen LogP contribution in [0, 0.1) is 0 Å². The van der Waals surface area contributed by atoms with Gasteiger partial charge in [0.25, 0.3) is 5.91 Å². The summed E-state index contributed by atoms with van der Waals surface area (Å²) < 4.78 is 0. The van der Waals surface area contributed by atoms with E-state index in [1.807, 2.05) is 18.4 Å². The van der Waals surface area contributed by atoms with Crippen LogP contribution in [0.3, 0.4) is 0 Å². The summed E-state index contributed by atoms with van der Waals surface area (Å²) in [5.74, 6) is 0.623. The molecule has 1 aromatic heterocycles. The number of amides is 1. The summed E-state index contributed by atoms with van der Waals surface area (Å²) in [5, 5.41) is 3.07. The molecule has 6 heteroatoms. The molecule has 0 spiro atoms. The Morgan fingerprint density at radius 2 is 2.25 bits per heavy atom.